The molecule has 112 valence electrons. The van der Waals surface area contributed by atoms with Gasteiger partial charge in [0.2, 0.25) is 0 Å². The number of rotatable bonds is 5. The van der Waals surface area contributed by atoms with E-state index in [9.17, 15) is 5.11 Å². The van der Waals surface area contributed by atoms with Crippen molar-refractivity contribution in [2.75, 3.05) is 39.3 Å². The van der Waals surface area contributed by atoms with Crippen molar-refractivity contribution in [2.45, 2.75) is 19.4 Å². The molecule has 0 spiro atoms. The molecule has 0 saturated carbocycles. The lowest BCUT2D eigenvalue weighted by atomic mass is 10.1. The predicted molar refractivity (Wildman–Crippen MR) is 84.6 cm³/mol. The summed E-state index contributed by atoms with van der Waals surface area (Å²) in [7, 11) is 0. The summed E-state index contributed by atoms with van der Waals surface area (Å²) < 4.78 is 0. The molecule has 0 aliphatic carbocycles. The van der Waals surface area contributed by atoms with Crippen molar-refractivity contribution in [1.82, 2.24) is 9.80 Å². The normalized spacial score (nSPS) is 19.2. The average Bonchev–Trinajstić information content (AvgIpc) is 2.45. The highest BCUT2D eigenvalue weighted by Gasteiger charge is 2.18. The van der Waals surface area contributed by atoms with Gasteiger partial charge >= 0.3 is 0 Å². The van der Waals surface area contributed by atoms with Gasteiger partial charge in [0.05, 0.1) is 6.10 Å². The molecule has 0 bridgehead atoms. The lowest BCUT2D eigenvalue weighted by Crippen LogP contribution is -2.46. The first kappa shape index (κ1) is 16.1. The first-order valence-corrected chi connectivity index (χ1v) is 7.93. The Morgan fingerprint density at radius 2 is 1.80 bits per heavy atom. The molecule has 1 heterocycles. The van der Waals surface area contributed by atoms with Crippen LogP contribution in [0.4, 0.5) is 0 Å². The van der Waals surface area contributed by atoms with Crippen molar-refractivity contribution < 1.29 is 5.11 Å². The van der Waals surface area contributed by atoms with E-state index < -0.39 is 6.10 Å². The third kappa shape index (κ3) is 4.34. The minimum atomic E-state index is -0.524. The van der Waals surface area contributed by atoms with E-state index in [0.29, 0.717) is 16.5 Å². The summed E-state index contributed by atoms with van der Waals surface area (Å²) in [6.07, 6.45) is 0.178. The zero-order valence-corrected chi connectivity index (χ0v) is 13.4. The SMILES string of the molecule is CCN1CCN(CCC(O)c2ccc(Cl)cc2Cl)CC1. The van der Waals surface area contributed by atoms with Crippen LogP contribution in [0, 0.1) is 0 Å². The number of likely N-dealkylation sites (N-methyl/N-ethyl adjacent to an activating group) is 1. The zero-order chi connectivity index (χ0) is 14.5. The first-order chi connectivity index (χ1) is 9.60. The number of piperazine rings is 1. The summed E-state index contributed by atoms with van der Waals surface area (Å²) in [6, 6.07) is 5.26. The molecule has 1 N–H and O–H groups in total. The number of aliphatic hydroxyl groups is 1. The lowest BCUT2D eigenvalue weighted by Gasteiger charge is -2.34. The van der Waals surface area contributed by atoms with E-state index >= 15 is 0 Å². The number of halogens is 2. The molecule has 1 fully saturated rings. The summed E-state index contributed by atoms with van der Waals surface area (Å²) >= 11 is 12.0. The zero-order valence-electron chi connectivity index (χ0n) is 11.9. The molecule has 20 heavy (non-hydrogen) atoms. The van der Waals surface area contributed by atoms with Gasteiger partial charge in [-0.3, -0.25) is 0 Å². The maximum atomic E-state index is 10.3. The van der Waals surface area contributed by atoms with Gasteiger partial charge < -0.3 is 14.9 Å². The van der Waals surface area contributed by atoms with Gasteiger partial charge in [0.1, 0.15) is 0 Å². The Morgan fingerprint density at radius 1 is 1.15 bits per heavy atom. The fourth-order valence-corrected chi connectivity index (χ4v) is 3.10. The van der Waals surface area contributed by atoms with Crippen molar-refractivity contribution in [2.24, 2.45) is 0 Å². The van der Waals surface area contributed by atoms with E-state index in [-0.39, 0.29) is 0 Å². The maximum absolute atomic E-state index is 10.3. The Kier molecular flexibility index (Phi) is 6.12. The van der Waals surface area contributed by atoms with E-state index in [4.69, 9.17) is 23.2 Å². The van der Waals surface area contributed by atoms with Crippen LogP contribution in [0.25, 0.3) is 0 Å². The third-order valence-electron chi connectivity index (χ3n) is 3.95. The minimum Gasteiger partial charge on any atom is -0.388 e. The Balaban J connectivity index is 1.82. The highest BCUT2D eigenvalue weighted by atomic mass is 35.5. The standard InChI is InChI=1S/C15H22Cl2N2O/c1-2-18-7-9-19(10-8-18)6-5-15(20)13-4-3-12(16)11-14(13)17/h3-4,11,15,20H,2,5-10H2,1H3. The van der Waals surface area contributed by atoms with Crippen LogP contribution in [0.1, 0.15) is 25.0 Å². The molecule has 5 heteroatoms. The fourth-order valence-electron chi connectivity index (χ4n) is 2.56. The molecule has 0 aromatic heterocycles. The molecule has 0 radical (unpaired) electrons. The monoisotopic (exact) mass is 316 g/mol. The fraction of sp³-hybridized carbons (Fsp3) is 0.600. The second-order valence-corrected chi connectivity index (χ2v) is 6.09. The molecule has 3 nitrogen and oxygen atoms in total. The molecule has 1 aliphatic rings. The van der Waals surface area contributed by atoms with E-state index in [1.165, 1.54) is 0 Å². The molecule has 1 aromatic carbocycles. The van der Waals surface area contributed by atoms with Gasteiger partial charge in [-0.15, -0.1) is 0 Å². The molecule has 1 saturated heterocycles. The average molecular weight is 317 g/mol. The number of hydrogen-bond acceptors (Lipinski definition) is 3. The summed E-state index contributed by atoms with van der Waals surface area (Å²) in [5.74, 6) is 0. The topological polar surface area (TPSA) is 26.7 Å². The molecule has 0 amide bonds. The van der Waals surface area contributed by atoms with Crippen LogP contribution in [-0.2, 0) is 0 Å². The largest absolute Gasteiger partial charge is 0.388 e. The highest BCUT2D eigenvalue weighted by Crippen LogP contribution is 2.28. The maximum Gasteiger partial charge on any atom is 0.0816 e. The van der Waals surface area contributed by atoms with Gasteiger partial charge in [-0.1, -0.05) is 36.2 Å². The van der Waals surface area contributed by atoms with Crippen LogP contribution in [0.3, 0.4) is 0 Å². The third-order valence-corrected chi connectivity index (χ3v) is 4.51. The summed E-state index contributed by atoms with van der Waals surface area (Å²) in [5.41, 5.74) is 0.767. The highest BCUT2D eigenvalue weighted by molar-refractivity contribution is 6.35. The van der Waals surface area contributed by atoms with Crippen LogP contribution < -0.4 is 0 Å². The summed E-state index contributed by atoms with van der Waals surface area (Å²) in [6.45, 7) is 8.61. The van der Waals surface area contributed by atoms with E-state index in [2.05, 4.69) is 16.7 Å². The van der Waals surface area contributed by atoms with Gasteiger partial charge in [-0.2, -0.15) is 0 Å². The number of nitrogens with zero attached hydrogens (tertiary/aromatic N) is 2. The number of hydrogen-bond donors (Lipinski definition) is 1. The molecular formula is C15H22Cl2N2O. The first-order valence-electron chi connectivity index (χ1n) is 7.18. The van der Waals surface area contributed by atoms with Crippen LogP contribution in [0.15, 0.2) is 18.2 Å². The molecule has 1 unspecified atom stereocenters. The summed E-state index contributed by atoms with van der Waals surface area (Å²) in [5, 5.41) is 11.4. The van der Waals surface area contributed by atoms with Crippen molar-refractivity contribution in [3.8, 4) is 0 Å². The van der Waals surface area contributed by atoms with E-state index in [1.807, 2.05) is 6.07 Å². The van der Waals surface area contributed by atoms with Crippen molar-refractivity contribution >= 4 is 23.2 Å². The molecule has 1 atom stereocenters. The molecule has 2 rings (SSSR count). The number of aliphatic hydroxyl groups excluding tert-OH is 1. The Hall–Kier alpha value is -0.320. The Bertz CT molecular complexity index is 434. The predicted octanol–water partition coefficient (Wildman–Crippen LogP) is 3.05. The smallest absolute Gasteiger partial charge is 0.0816 e. The van der Waals surface area contributed by atoms with Crippen LogP contribution in [0.2, 0.25) is 10.0 Å². The van der Waals surface area contributed by atoms with Gasteiger partial charge in [-0.05, 0) is 30.7 Å². The second kappa shape index (κ2) is 7.62. The Morgan fingerprint density at radius 3 is 2.40 bits per heavy atom. The second-order valence-electron chi connectivity index (χ2n) is 5.25. The quantitative estimate of drug-likeness (QED) is 0.904. The molecule has 1 aromatic rings. The van der Waals surface area contributed by atoms with Crippen LogP contribution in [0.5, 0.6) is 0 Å². The number of benzene rings is 1. The lowest BCUT2D eigenvalue weighted by molar-refractivity contribution is 0.105. The van der Waals surface area contributed by atoms with Gasteiger partial charge in [-0.25, -0.2) is 0 Å². The van der Waals surface area contributed by atoms with E-state index in [1.54, 1.807) is 12.1 Å². The van der Waals surface area contributed by atoms with Crippen molar-refractivity contribution in [3.05, 3.63) is 33.8 Å². The molecular weight excluding hydrogens is 295 g/mol. The van der Waals surface area contributed by atoms with Crippen molar-refractivity contribution in [1.29, 1.82) is 0 Å². The minimum absolute atomic E-state index is 0.524. The van der Waals surface area contributed by atoms with Crippen LogP contribution >= 0.6 is 23.2 Å². The molecule has 1 aliphatic heterocycles. The van der Waals surface area contributed by atoms with Gasteiger partial charge in [0, 0.05) is 42.8 Å². The van der Waals surface area contributed by atoms with Crippen molar-refractivity contribution in [3.63, 3.8) is 0 Å². The van der Waals surface area contributed by atoms with Gasteiger partial charge in [0.25, 0.3) is 0 Å². The van der Waals surface area contributed by atoms with Gasteiger partial charge in [0.15, 0.2) is 0 Å². The van der Waals surface area contributed by atoms with Crippen LogP contribution in [-0.4, -0.2) is 54.2 Å². The van der Waals surface area contributed by atoms with E-state index in [0.717, 1.165) is 44.8 Å². The Labute approximate surface area is 131 Å². The summed E-state index contributed by atoms with van der Waals surface area (Å²) in [4.78, 5) is 4.85.